The van der Waals surface area contributed by atoms with Crippen molar-refractivity contribution in [3.8, 4) is 28.3 Å². The summed E-state index contributed by atoms with van der Waals surface area (Å²) in [6.45, 7) is 1.67. The van der Waals surface area contributed by atoms with Crippen molar-refractivity contribution in [1.29, 1.82) is 0 Å². The van der Waals surface area contributed by atoms with Crippen molar-refractivity contribution >= 4 is 51.6 Å². The van der Waals surface area contributed by atoms with E-state index in [-0.39, 0.29) is 34.3 Å². The second kappa shape index (κ2) is 11.7. The smallest absolute Gasteiger partial charge is 0.332 e. The number of halogens is 2. The Bertz CT molecular complexity index is 2330. The number of aryl methyl sites for hydroxylation is 2. The summed E-state index contributed by atoms with van der Waals surface area (Å²) in [4.78, 5) is 53.3. The van der Waals surface area contributed by atoms with Crippen LogP contribution in [0.4, 0.5) is 11.5 Å². The van der Waals surface area contributed by atoms with Gasteiger partial charge in [-0.3, -0.25) is 23.6 Å². The number of pyridine rings is 1. The Labute approximate surface area is 290 Å². The van der Waals surface area contributed by atoms with Crippen molar-refractivity contribution in [2.45, 2.75) is 37.3 Å². The number of methoxy groups -OCH3 is 1. The number of rotatable bonds is 6. The SMILES string of the molecule is COc1nc(-c2cccc(-c3cccc(Nc4ncnc5c4c(=O)n(C)c(=O)n5C)c3Cl)c2Cl)cc2c1C(N1CC3(CCC(=O)N3)C1)CC2. The van der Waals surface area contributed by atoms with E-state index in [1.165, 1.54) is 23.5 Å². The van der Waals surface area contributed by atoms with Crippen molar-refractivity contribution < 1.29 is 9.53 Å². The molecule has 5 aromatic rings. The Morgan fingerprint density at radius 3 is 2.43 bits per heavy atom. The number of hydrogen-bond donors (Lipinski definition) is 2. The third kappa shape index (κ3) is 5.00. The lowest BCUT2D eigenvalue weighted by molar-refractivity contribution is -0.121. The lowest BCUT2D eigenvalue weighted by Crippen LogP contribution is -2.67. The van der Waals surface area contributed by atoms with Gasteiger partial charge >= 0.3 is 5.69 Å². The van der Waals surface area contributed by atoms with E-state index < -0.39 is 11.2 Å². The molecule has 1 amide bonds. The first-order valence-electron chi connectivity index (χ1n) is 16.0. The number of aromatic nitrogens is 5. The topological polar surface area (TPSA) is 136 Å². The third-order valence-electron chi connectivity index (χ3n) is 10.1. The fourth-order valence-corrected chi connectivity index (χ4v) is 8.20. The molecule has 3 aromatic heterocycles. The minimum Gasteiger partial charge on any atom is -0.481 e. The molecule has 0 saturated carbocycles. The van der Waals surface area contributed by atoms with E-state index in [1.54, 1.807) is 20.2 Å². The Kier molecular flexibility index (Phi) is 7.50. The van der Waals surface area contributed by atoms with Crippen LogP contribution < -0.4 is 26.6 Å². The Morgan fingerprint density at radius 1 is 0.959 bits per heavy atom. The number of nitrogens with one attached hydrogen (secondary N) is 2. The molecule has 8 rings (SSSR count). The number of ether oxygens (including phenoxy) is 1. The van der Waals surface area contributed by atoms with Crippen LogP contribution in [0.2, 0.25) is 10.0 Å². The van der Waals surface area contributed by atoms with Gasteiger partial charge in [0.25, 0.3) is 5.56 Å². The highest BCUT2D eigenvalue weighted by Gasteiger charge is 2.51. The maximum Gasteiger partial charge on any atom is 0.332 e. The van der Waals surface area contributed by atoms with Gasteiger partial charge in [-0.1, -0.05) is 53.5 Å². The monoisotopic (exact) mass is 698 g/mol. The van der Waals surface area contributed by atoms with Gasteiger partial charge in [-0.05, 0) is 37.0 Å². The van der Waals surface area contributed by atoms with Crippen LogP contribution in [0.3, 0.4) is 0 Å². The van der Waals surface area contributed by atoms with Gasteiger partial charge in [0.1, 0.15) is 17.5 Å². The van der Waals surface area contributed by atoms with Crippen molar-refractivity contribution in [1.82, 2.24) is 34.3 Å². The highest BCUT2D eigenvalue weighted by molar-refractivity contribution is 6.39. The second-order valence-corrected chi connectivity index (χ2v) is 13.7. The number of carbonyl (C=O) groups is 1. The molecule has 250 valence electrons. The largest absolute Gasteiger partial charge is 0.481 e. The molecule has 1 spiro atoms. The van der Waals surface area contributed by atoms with Crippen LogP contribution in [-0.4, -0.2) is 60.6 Å². The number of nitrogens with zero attached hydrogens (tertiary/aromatic N) is 6. The van der Waals surface area contributed by atoms with Crippen LogP contribution in [-0.2, 0) is 25.3 Å². The molecule has 1 aliphatic carbocycles. The van der Waals surface area contributed by atoms with E-state index in [0.29, 0.717) is 44.9 Å². The minimum atomic E-state index is -0.524. The first-order chi connectivity index (χ1) is 23.6. The molecule has 2 aliphatic heterocycles. The fourth-order valence-electron chi connectivity index (χ4n) is 7.60. The molecule has 0 radical (unpaired) electrons. The standard InChI is InChI=1S/C35H32Cl2N8O4/c1-43-31-27(33(47)44(2)34(43)48)30(38-17-39-31)40-22-9-5-7-20(29(22)37)19-6-4-8-21(28(19)36)23-14-18-10-11-24(26(18)32(41-23)49-3)45-15-35(16-45)13-12-25(46)42-35/h4-9,14,17,24H,10-13,15-16H2,1-3H3,(H,42,46)(H,38,39,40). The quantitative estimate of drug-likeness (QED) is 0.257. The number of anilines is 2. The molecule has 1 atom stereocenters. The zero-order valence-electron chi connectivity index (χ0n) is 27.0. The molecular weight excluding hydrogens is 667 g/mol. The van der Waals surface area contributed by atoms with Gasteiger partial charge in [0.05, 0.1) is 34.1 Å². The number of benzene rings is 2. The fraction of sp³-hybridized carbons (Fsp3) is 0.314. The molecule has 12 nitrogen and oxygen atoms in total. The number of hydrogen-bond acceptors (Lipinski definition) is 9. The lowest BCUT2D eigenvalue weighted by Gasteiger charge is -2.50. The molecule has 5 heterocycles. The summed E-state index contributed by atoms with van der Waals surface area (Å²) < 4.78 is 8.19. The average molecular weight is 700 g/mol. The summed E-state index contributed by atoms with van der Waals surface area (Å²) in [6.07, 6.45) is 4.60. The molecule has 3 aliphatic rings. The predicted molar refractivity (Wildman–Crippen MR) is 188 cm³/mol. The van der Waals surface area contributed by atoms with E-state index in [1.807, 2.05) is 30.3 Å². The van der Waals surface area contributed by atoms with E-state index in [2.05, 4.69) is 31.6 Å². The third-order valence-corrected chi connectivity index (χ3v) is 10.9. The first-order valence-corrected chi connectivity index (χ1v) is 16.7. The summed E-state index contributed by atoms with van der Waals surface area (Å²) in [5, 5.41) is 7.36. The van der Waals surface area contributed by atoms with Gasteiger partial charge in [0.15, 0.2) is 5.65 Å². The summed E-state index contributed by atoms with van der Waals surface area (Å²) >= 11 is 14.2. The predicted octanol–water partition coefficient (Wildman–Crippen LogP) is 4.77. The van der Waals surface area contributed by atoms with Crippen molar-refractivity contribution in [3.63, 3.8) is 0 Å². The van der Waals surface area contributed by atoms with Gasteiger partial charge in [-0.25, -0.2) is 19.7 Å². The van der Waals surface area contributed by atoms with Gasteiger partial charge in [-0.2, -0.15) is 0 Å². The summed E-state index contributed by atoms with van der Waals surface area (Å²) in [7, 11) is 4.60. The Hall–Kier alpha value is -4.78. The number of amides is 1. The average Bonchev–Trinajstić information content (AvgIpc) is 3.70. The maximum absolute atomic E-state index is 13.1. The van der Waals surface area contributed by atoms with E-state index in [9.17, 15) is 14.4 Å². The number of carbonyl (C=O) groups excluding carboxylic acids is 1. The normalized spacial score (nSPS) is 18.1. The lowest BCUT2D eigenvalue weighted by atomic mass is 9.86. The van der Waals surface area contributed by atoms with Crippen molar-refractivity contribution in [2.75, 3.05) is 25.5 Å². The van der Waals surface area contributed by atoms with Crippen LogP contribution in [0.15, 0.2) is 58.4 Å². The van der Waals surface area contributed by atoms with Crippen LogP contribution in [0.1, 0.15) is 36.4 Å². The highest BCUT2D eigenvalue weighted by Crippen LogP contribution is 2.48. The molecule has 2 aromatic carbocycles. The van der Waals surface area contributed by atoms with Crippen molar-refractivity contribution in [2.24, 2.45) is 14.1 Å². The molecule has 2 N–H and O–H groups in total. The molecule has 2 fully saturated rings. The Balaban J connectivity index is 1.13. The van der Waals surface area contributed by atoms with Crippen LogP contribution >= 0.6 is 23.2 Å². The zero-order valence-corrected chi connectivity index (χ0v) is 28.5. The van der Waals surface area contributed by atoms with Crippen LogP contribution in [0.25, 0.3) is 33.4 Å². The molecule has 2 saturated heterocycles. The molecule has 1 unspecified atom stereocenters. The van der Waals surface area contributed by atoms with Gasteiger partial charge in [0, 0.05) is 61.9 Å². The first kappa shape index (κ1) is 31.5. The summed E-state index contributed by atoms with van der Waals surface area (Å²) in [5.74, 6) is 0.936. The van der Waals surface area contributed by atoms with Crippen molar-refractivity contribution in [3.05, 3.63) is 90.8 Å². The molecule has 14 heteroatoms. The second-order valence-electron chi connectivity index (χ2n) is 13.0. The number of likely N-dealkylation sites (tertiary alicyclic amines) is 1. The molecule has 49 heavy (non-hydrogen) atoms. The summed E-state index contributed by atoms with van der Waals surface area (Å²) in [5.41, 5.74) is 4.66. The summed E-state index contributed by atoms with van der Waals surface area (Å²) in [6, 6.07) is 13.5. The van der Waals surface area contributed by atoms with Crippen LogP contribution in [0, 0.1) is 0 Å². The highest BCUT2D eigenvalue weighted by atomic mass is 35.5. The minimum absolute atomic E-state index is 0.0952. The number of fused-ring (bicyclic) bond motifs is 2. The molecular formula is C35H32Cl2N8O4. The van der Waals surface area contributed by atoms with E-state index in [0.717, 1.165) is 48.0 Å². The van der Waals surface area contributed by atoms with Crippen LogP contribution in [0.5, 0.6) is 5.88 Å². The van der Waals surface area contributed by atoms with Gasteiger partial charge in [-0.15, -0.1) is 0 Å². The Morgan fingerprint density at radius 2 is 1.69 bits per heavy atom. The van der Waals surface area contributed by atoms with Gasteiger partial charge < -0.3 is 15.4 Å². The zero-order chi connectivity index (χ0) is 34.2. The molecule has 0 bridgehead atoms. The van der Waals surface area contributed by atoms with Gasteiger partial charge in [0.2, 0.25) is 11.8 Å². The van der Waals surface area contributed by atoms with E-state index in [4.69, 9.17) is 32.9 Å². The maximum atomic E-state index is 13.1. The van der Waals surface area contributed by atoms with E-state index >= 15 is 0 Å².